The van der Waals surface area contributed by atoms with E-state index in [4.69, 9.17) is 17.3 Å². The summed E-state index contributed by atoms with van der Waals surface area (Å²) in [6.07, 6.45) is 2.47. The van der Waals surface area contributed by atoms with Crippen molar-refractivity contribution in [3.63, 3.8) is 0 Å². The highest BCUT2D eigenvalue weighted by atomic mass is 35.5. The Morgan fingerprint density at radius 2 is 2.12 bits per heavy atom. The van der Waals surface area contributed by atoms with Crippen molar-refractivity contribution in [1.82, 2.24) is 9.78 Å². The van der Waals surface area contributed by atoms with Crippen LogP contribution in [0.25, 0.3) is 11.1 Å². The van der Waals surface area contributed by atoms with Gasteiger partial charge in [-0.25, -0.2) is 0 Å². The van der Waals surface area contributed by atoms with Gasteiger partial charge in [-0.05, 0) is 24.1 Å². The van der Waals surface area contributed by atoms with Gasteiger partial charge in [-0.3, -0.25) is 4.68 Å². The van der Waals surface area contributed by atoms with E-state index in [-0.39, 0.29) is 5.75 Å². The number of hydrogen-bond donors (Lipinski definition) is 2. The van der Waals surface area contributed by atoms with E-state index in [0.717, 1.165) is 12.0 Å². The van der Waals surface area contributed by atoms with Crippen LogP contribution >= 0.6 is 11.6 Å². The summed E-state index contributed by atoms with van der Waals surface area (Å²) in [7, 11) is 1.75. The highest BCUT2D eigenvalue weighted by Crippen LogP contribution is 2.38. The van der Waals surface area contributed by atoms with Crippen LogP contribution in [0, 0.1) is 0 Å². The Morgan fingerprint density at radius 1 is 1.41 bits per heavy atom. The van der Waals surface area contributed by atoms with Crippen molar-refractivity contribution in [2.75, 3.05) is 5.73 Å². The zero-order valence-electron chi connectivity index (χ0n) is 9.74. The molecule has 1 aromatic carbocycles. The molecular weight excluding hydrogens is 238 g/mol. The topological polar surface area (TPSA) is 64.1 Å². The Balaban J connectivity index is 2.66. The monoisotopic (exact) mass is 251 g/mol. The van der Waals surface area contributed by atoms with E-state index in [2.05, 4.69) is 5.10 Å². The Bertz CT molecular complexity index is 563. The van der Waals surface area contributed by atoms with Crippen LogP contribution < -0.4 is 5.73 Å². The number of phenols is 1. The maximum Gasteiger partial charge on any atom is 0.142 e. The number of phenolic OH excluding ortho intramolecular Hbond substituents is 1. The standard InChI is InChI=1S/C12H14ClN3O/c1-3-7-4-8(11(17)10(13)5-7)9-6-15-16(2)12(9)14/h4-6,17H,3,14H2,1-2H3. The van der Waals surface area contributed by atoms with Gasteiger partial charge in [0.2, 0.25) is 0 Å². The van der Waals surface area contributed by atoms with Gasteiger partial charge in [-0.15, -0.1) is 0 Å². The van der Waals surface area contributed by atoms with Crippen LogP contribution in [0.3, 0.4) is 0 Å². The van der Waals surface area contributed by atoms with Gasteiger partial charge in [0.05, 0.1) is 11.2 Å². The van der Waals surface area contributed by atoms with E-state index < -0.39 is 0 Å². The second kappa shape index (κ2) is 4.30. The number of nitrogen functional groups attached to an aromatic ring is 1. The lowest BCUT2D eigenvalue weighted by Gasteiger charge is -2.08. The molecule has 4 nitrogen and oxygen atoms in total. The minimum Gasteiger partial charge on any atom is -0.506 e. The van der Waals surface area contributed by atoms with Crippen molar-refractivity contribution in [1.29, 1.82) is 0 Å². The number of nitrogens with zero attached hydrogens (tertiary/aromatic N) is 2. The first-order valence-electron chi connectivity index (χ1n) is 5.33. The average molecular weight is 252 g/mol. The van der Waals surface area contributed by atoms with Crippen molar-refractivity contribution >= 4 is 17.4 Å². The highest BCUT2D eigenvalue weighted by Gasteiger charge is 2.14. The zero-order chi connectivity index (χ0) is 12.6. The molecule has 0 amide bonds. The molecule has 2 rings (SSSR count). The maximum atomic E-state index is 9.98. The van der Waals surface area contributed by atoms with Crippen molar-refractivity contribution in [2.24, 2.45) is 7.05 Å². The lowest BCUT2D eigenvalue weighted by molar-refractivity contribution is 0.477. The minimum absolute atomic E-state index is 0.0450. The molecule has 0 aliphatic rings. The van der Waals surface area contributed by atoms with Crippen LogP contribution in [0.4, 0.5) is 5.82 Å². The third kappa shape index (κ3) is 1.96. The van der Waals surface area contributed by atoms with E-state index in [1.807, 2.05) is 13.0 Å². The van der Waals surface area contributed by atoms with Crippen molar-refractivity contribution in [3.05, 3.63) is 28.9 Å². The van der Waals surface area contributed by atoms with Crippen LogP contribution in [-0.4, -0.2) is 14.9 Å². The third-order valence-electron chi connectivity index (χ3n) is 2.81. The fourth-order valence-corrected chi connectivity index (χ4v) is 1.96. The molecule has 0 saturated carbocycles. The fourth-order valence-electron chi connectivity index (χ4n) is 1.72. The predicted molar refractivity (Wildman–Crippen MR) is 69.1 cm³/mol. The summed E-state index contributed by atoms with van der Waals surface area (Å²) in [4.78, 5) is 0. The van der Waals surface area contributed by atoms with Crippen LogP contribution in [0.5, 0.6) is 5.75 Å². The largest absolute Gasteiger partial charge is 0.506 e. The van der Waals surface area contributed by atoms with E-state index >= 15 is 0 Å². The van der Waals surface area contributed by atoms with Crippen molar-refractivity contribution < 1.29 is 5.11 Å². The average Bonchev–Trinajstić information content (AvgIpc) is 2.64. The summed E-state index contributed by atoms with van der Waals surface area (Å²) in [5.41, 5.74) is 8.26. The molecular formula is C12H14ClN3O. The van der Waals surface area contributed by atoms with Crippen LogP contribution in [0.1, 0.15) is 12.5 Å². The first-order chi connectivity index (χ1) is 8.04. The van der Waals surface area contributed by atoms with E-state index in [1.54, 1.807) is 24.0 Å². The van der Waals surface area contributed by atoms with Crippen LogP contribution in [-0.2, 0) is 13.5 Å². The van der Waals surface area contributed by atoms with Gasteiger partial charge in [-0.1, -0.05) is 18.5 Å². The first-order valence-corrected chi connectivity index (χ1v) is 5.71. The van der Waals surface area contributed by atoms with Gasteiger partial charge >= 0.3 is 0 Å². The van der Waals surface area contributed by atoms with Gasteiger partial charge in [0.15, 0.2) is 0 Å². The van der Waals surface area contributed by atoms with E-state index in [0.29, 0.717) is 22.0 Å². The molecule has 0 bridgehead atoms. The summed E-state index contributed by atoms with van der Waals surface area (Å²) in [5, 5.41) is 14.4. The lowest BCUT2D eigenvalue weighted by atomic mass is 10.0. The number of halogens is 1. The minimum atomic E-state index is 0.0450. The van der Waals surface area contributed by atoms with E-state index in [1.165, 1.54) is 0 Å². The lowest BCUT2D eigenvalue weighted by Crippen LogP contribution is -1.98. The number of aromatic nitrogens is 2. The molecule has 2 aromatic rings. The molecule has 1 aromatic heterocycles. The van der Waals surface area contributed by atoms with Crippen LogP contribution in [0.2, 0.25) is 5.02 Å². The molecule has 3 N–H and O–H groups in total. The number of benzene rings is 1. The summed E-state index contributed by atoms with van der Waals surface area (Å²) in [6.45, 7) is 2.03. The molecule has 0 atom stereocenters. The highest BCUT2D eigenvalue weighted by molar-refractivity contribution is 6.32. The number of aromatic hydroxyl groups is 1. The summed E-state index contributed by atoms with van der Waals surface area (Å²) in [6, 6.07) is 3.64. The number of rotatable bonds is 2. The predicted octanol–water partition coefficient (Wildman–Crippen LogP) is 2.59. The Hall–Kier alpha value is -1.68. The second-order valence-corrected chi connectivity index (χ2v) is 4.30. The molecule has 0 aliphatic carbocycles. The van der Waals surface area contributed by atoms with Crippen LogP contribution in [0.15, 0.2) is 18.3 Å². The Labute approximate surface area is 105 Å². The number of nitrogens with two attached hydrogens (primary N) is 1. The van der Waals surface area contributed by atoms with Gasteiger partial charge in [0, 0.05) is 18.2 Å². The molecule has 0 aliphatic heterocycles. The molecule has 17 heavy (non-hydrogen) atoms. The van der Waals surface area contributed by atoms with Crippen molar-refractivity contribution in [3.8, 4) is 16.9 Å². The van der Waals surface area contributed by atoms with Gasteiger partial charge < -0.3 is 10.8 Å². The normalized spacial score (nSPS) is 10.8. The number of hydrogen-bond acceptors (Lipinski definition) is 3. The molecule has 90 valence electrons. The zero-order valence-corrected chi connectivity index (χ0v) is 10.5. The SMILES string of the molecule is CCc1cc(Cl)c(O)c(-c2cnn(C)c2N)c1. The Morgan fingerprint density at radius 3 is 2.65 bits per heavy atom. The van der Waals surface area contributed by atoms with Crippen molar-refractivity contribution in [2.45, 2.75) is 13.3 Å². The molecule has 0 radical (unpaired) electrons. The molecule has 0 fully saturated rings. The number of aryl methyl sites for hydroxylation is 2. The molecule has 0 spiro atoms. The Kier molecular flexibility index (Phi) is 2.98. The van der Waals surface area contributed by atoms with Gasteiger partial charge in [0.1, 0.15) is 11.6 Å². The smallest absolute Gasteiger partial charge is 0.142 e. The summed E-state index contributed by atoms with van der Waals surface area (Å²) < 4.78 is 1.56. The molecule has 0 unspecified atom stereocenters. The first kappa shape index (κ1) is 11.8. The molecule has 5 heteroatoms. The fraction of sp³-hybridized carbons (Fsp3) is 0.250. The van der Waals surface area contributed by atoms with E-state index in [9.17, 15) is 5.11 Å². The second-order valence-electron chi connectivity index (χ2n) is 3.89. The van der Waals surface area contributed by atoms with Gasteiger partial charge in [-0.2, -0.15) is 5.10 Å². The quantitative estimate of drug-likeness (QED) is 0.862. The molecule has 0 saturated heterocycles. The third-order valence-corrected chi connectivity index (χ3v) is 3.09. The number of anilines is 1. The summed E-state index contributed by atoms with van der Waals surface area (Å²) in [5.74, 6) is 0.549. The molecule has 1 heterocycles. The summed E-state index contributed by atoms with van der Waals surface area (Å²) >= 11 is 5.99. The van der Waals surface area contributed by atoms with Gasteiger partial charge in [0.25, 0.3) is 0 Å². The maximum absolute atomic E-state index is 9.98.